The van der Waals surface area contributed by atoms with E-state index in [2.05, 4.69) is 16.9 Å². The SMILES string of the molecule is CC(=O)N1c2ccc(C(N)=O)cc2CC(C)[C@@H]1C1CC1.CN(C)c1ccnc(N)n1. The van der Waals surface area contributed by atoms with Gasteiger partial charge in [0.25, 0.3) is 0 Å². The number of carbonyl (C=O) groups excluding carboxylic acids is 2. The van der Waals surface area contributed by atoms with Crippen molar-refractivity contribution in [3.05, 3.63) is 41.6 Å². The fourth-order valence-electron chi connectivity index (χ4n) is 4.13. The second-order valence-corrected chi connectivity index (χ2v) is 8.27. The molecule has 0 radical (unpaired) electrons. The number of benzene rings is 1. The highest BCUT2D eigenvalue weighted by atomic mass is 16.2. The third-order valence-electron chi connectivity index (χ3n) is 5.61. The number of aromatic nitrogens is 2. The van der Waals surface area contributed by atoms with Gasteiger partial charge in [0, 0.05) is 44.5 Å². The number of hydrogen-bond donors (Lipinski definition) is 2. The zero-order valence-electron chi connectivity index (χ0n) is 18.0. The number of anilines is 3. The number of nitrogens with zero attached hydrogens (tertiary/aromatic N) is 4. The summed E-state index contributed by atoms with van der Waals surface area (Å²) in [5.41, 5.74) is 13.2. The molecule has 1 fully saturated rings. The van der Waals surface area contributed by atoms with E-state index in [0.29, 0.717) is 29.4 Å². The Balaban J connectivity index is 0.000000216. The number of rotatable bonds is 3. The molecule has 1 unspecified atom stereocenters. The van der Waals surface area contributed by atoms with E-state index in [9.17, 15) is 9.59 Å². The first-order valence-electron chi connectivity index (χ1n) is 10.2. The summed E-state index contributed by atoms with van der Waals surface area (Å²) in [6.45, 7) is 3.82. The van der Waals surface area contributed by atoms with Crippen molar-refractivity contribution in [3.63, 3.8) is 0 Å². The Morgan fingerprint density at radius 2 is 1.90 bits per heavy atom. The normalized spacial score (nSPS) is 19.9. The van der Waals surface area contributed by atoms with E-state index in [1.807, 2.05) is 36.0 Å². The number of hydrogen-bond acceptors (Lipinski definition) is 6. The lowest BCUT2D eigenvalue weighted by Crippen LogP contribution is -2.48. The van der Waals surface area contributed by atoms with E-state index in [4.69, 9.17) is 11.5 Å². The molecule has 0 bridgehead atoms. The van der Waals surface area contributed by atoms with Crippen molar-refractivity contribution in [1.82, 2.24) is 9.97 Å². The van der Waals surface area contributed by atoms with Crippen molar-refractivity contribution in [2.45, 2.75) is 39.2 Å². The standard InChI is InChI=1S/C16H20N2O2.C6H10N4/c1-9-7-13-8-12(16(17)20)5-6-14(13)18(10(2)19)15(9)11-3-4-11;1-10(2)5-3-4-8-6(7)9-5/h5-6,8-9,11,15H,3-4,7H2,1-2H3,(H2,17,20);3-4H,1-2H3,(H2,7,8,9)/t9?,15-;/m1./s1. The van der Waals surface area contributed by atoms with Crippen LogP contribution in [0.4, 0.5) is 17.5 Å². The third-order valence-corrected chi connectivity index (χ3v) is 5.61. The Bertz CT molecular complexity index is 941. The van der Waals surface area contributed by atoms with Crippen molar-refractivity contribution in [2.24, 2.45) is 17.6 Å². The molecule has 1 aliphatic heterocycles. The maximum absolute atomic E-state index is 12.1. The van der Waals surface area contributed by atoms with Crippen molar-refractivity contribution in [1.29, 1.82) is 0 Å². The van der Waals surface area contributed by atoms with Crippen LogP contribution in [0.25, 0.3) is 0 Å². The molecule has 2 aromatic rings. The van der Waals surface area contributed by atoms with Crippen LogP contribution in [0.5, 0.6) is 0 Å². The van der Waals surface area contributed by atoms with Crippen LogP contribution < -0.4 is 21.3 Å². The van der Waals surface area contributed by atoms with Crippen LogP contribution in [0.2, 0.25) is 0 Å². The first kappa shape index (κ1) is 21.5. The maximum Gasteiger partial charge on any atom is 0.248 e. The quantitative estimate of drug-likeness (QED) is 0.801. The van der Waals surface area contributed by atoms with Crippen molar-refractivity contribution < 1.29 is 9.59 Å². The molecule has 2 amide bonds. The molecule has 2 aliphatic rings. The fraction of sp³-hybridized carbons (Fsp3) is 0.455. The Morgan fingerprint density at radius 3 is 2.40 bits per heavy atom. The van der Waals surface area contributed by atoms with Crippen LogP contribution >= 0.6 is 0 Å². The average molecular weight is 411 g/mol. The van der Waals surface area contributed by atoms with Crippen LogP contribution in [-0.2, 0) is 11.2 Å². The summed E-state index contributed by atoms with van der Waals surface area (Å²) >= 11 is 0. The maximum atomic E-state index is 12.1. The van der Waals surface area contributed by atoms with Crippen LogP contribution in [0, 0.1) is 11.8 Å². The first-order chi connectivity index (χ1) is 14.2. The highest BCUT2D eigenvalue weighted by Crippen LogP contribution is 2.45. The molecule has 1 saturated carbocycles. The Kier molecular flexibility index (Phi) is 6.24. The number of fused-ring (bicyclic) bond motifs is 1. The van der Waals surface area contributed by atoms with Gasteiger partial charge in [-0.05, 0) is 60.9 Å². The van der Waals surface area contributed by atoms with Gasteiger partial charge in [-0.15, -0.1) is 0 Å². The minimum absolute atomic E-state index is 0.0847. The second-order valence-electron chi connectivity index (χ2n) is 8.27. The molecule has 30 heavy (non-hydrogen) atoms. The van der Waals surface area contributed by atoms with E-state index in [0.717, 1.165) is 23.5 Å². The van der Waals surface area contributed by atoms with Crippen molar-refractivity contribution >= 4 is 29.3 Å². The topological polar surface area (TPSA) is 118 Å². The number of carbonyl (C=O) groups is 2. The minimum atomic E-state index is -0.417. The minimum Gasteiger partial charge on any atom is -0.368 e. The Labute approximate surface area is 177 Å². The molecule has 0 spiro atoms. The summed E-state index contributed by atoms with van der Waals surface area (Å²) in [5, 5.41) is 0. The first-order valence-corrected chi connectivity index (χ1v) is 10.2. The molecule has 8 heteroatoms. The van der Waals surface area contributed by atoms with Gasteiger partial charge in [-0.25, -0.2) is 4.98 Å². The number of amides is 2. The van der Waals surface area contributed by atoms with Crippen LogP contribution in [0.3, 0.4) is 0 Å². The number of nitrogen functional groups attached to an aromatic ring is 1. The van der Waals surface area contributed by atoms with E-state index in [1.54, 1.807) is 25.3 Å². The summed E-state index contributed by atoms with van der Waals surface area (Å²) in [5.74, 6) is 1.86. The van der Waals surface area contributed by atoms with Gasteiger partial charge < -0.3 is 21.3 Å². The highest BCUT2D eigenvalue weighted by molar-refractivity contribution is 5.97. The van der Waals surface area contributed by atoms with Gasteiger partial charge in [0.05, 0.1) is 0 Å². The van der Waals surface area contributed by atoms with Crippen LogP contribution in [0.1, 0.15) is 42.6 Å². The molecule has 8 nitrogen and oxygen atoms in total. The lowest BCUT2D eigenvalue weighted by Gasteiger charge is -2.41. The van der Waals surface area contributed by atoms with Gasteiger partial charge in [0.2, 0.25) is 17.8 Å². The molecule has 1 aliphatic carbocycles. The molecular formula is C22H30N6O2. The van der Waals surface area contributed by atoms with Gasteiger partial charge >= 0.3 is 0 Å². The second kappa shape index (κ2) is 8.69. The molecule has 2 atom stereocenters. The Hall–Kier alpha value is -3.16. The molecule has 1 aromatic heterocycles. The molecular weight excluding hydrogens is 380 g/mol. The monoisotopic (exact) mass is 410 g/mol. The lowest BCUT2D eigenvalue weighted by atomic mass is 9.83. The van der Waals surface area contributed by atoms with Gasteiger partial charge in [0.1, 0.15) is 5.82 Å². The largest absolute Gasteiger partial charge is 0.368 e. The Morgan fingerprint density at radius 1 is 1.20 bits per heavy atom. The van der Waals surface area contributed by atoms with Crippen LogP contribution in [-0.4, -0.2) is 41.9 Å². The van der Waals surface area contributed by atoms with Gasteiger partial charge in [0.15, 0.2) is 0 Å². The zero-order chi connectivity index (χ0) is 22.0. The molecule has 1 aromatic carbocycles. The van der Waals surface area contributed by atoms with Gasteiger partial charge in [-0.1, -0.05) is 6.92 Å². The zero-order valence-corrected chi connectivity index (χ0v) is 18.0. The summed E-state index contributed by atoms with van der Waals surface area (Å²) in [4.78, 5) is 34.9. The smallest absolute Gasteiger partial charge is 0.248 e. The van der Waals surface area contributed by atoms with Crippen molar-refractivity contribution in [3.8, 4) is 0 Å². The molecule has 0 saturated heterocycles. The predicted molar refractivity (Wildman–Crippen MR) is 118 cm³/mol. The van der Waals surface area contributed by atoms with E-state index < -0.39 is 5.91 Å². The number of nitrogens with two attached hydrogens (primary N) is 2. The lowest BCUT2D eigenvalue weighted by molar-refractivity contribution is -0.117. The van der Waals surface area contributed by atoms with Gasteiger partial charge in [-0.3, -0.25) is 9.59 Å². The third kappa shape index (κ3) is 4.69. The van der Waals surface area contributed by atoms with E-state index >= 15 is 0 Å². The van der Waals surface area contributed by atoms with Gasteiger partial charge in [-0.2, -0.15) is 4.98 Å². The summed E-state index contributed by atoms with van der Waals surface area (Å²) in [6.07, 6.45) is 4.97. The molecule has 4 rings (SSSR count). The summed E-state index contributed by atoms with van der Waals surface area (Å²) in [7, 11) is 3.81. The predicted octanol–water partition coefficient (Wildman–Crippen LogP) is 2.23. The summed E-state index contributed by atoms with van der Waals surface area (Å²) < 4.78 is 0. The molecule has 4 N–H and O–H groups in total. The molecule has 2 heterocycles. The van der Waals surface area contributed by atoms with Crippen molar-refractivity contribution in [2.75, 3.05) is 29.6 Å². The molecule has 160 valence electrons. The van der Waals surface area contributed by atoms with Crippen LogP contribution in [0.15, 0.2) is 30.5 Å². The average Bonchev–Trinajstić information content (AvgIpc) is 3.51. The highest BCUT2D eigenvalue weighted by Gasteiger charge is 2.43. The fourth-order valence-corrected chi connectivity index (χ4v) is 4.13. The number of primary amides is 1. The van der Waals surface area contributed by atoms with E-state index in [1.165, 1.54) is 12.8 Å². The van der Waals surface area contributed by atoms with E-state index in [-0.39, 0.29) is 5.91 Å². The summed E-state index contributed by atoms with van der Waals surface area (Å²) in [6, 6.07) is 7.54.